The van der Waals surface area contributed by atoms with Gasteiger partial charge in [0, 0.05) is 30.9 Å². The number of anilines is 1. The van der Waals surface area contributed by atoms with Gasteiger partial charge in [-0.1, -0.05) is 13.8 Å². The van der Waals surface area contributed by atoms with Crippen LogP contribution in [0.3, 0.4) is 0 Å². The number of hydrogen-bond acceptors (Lipinski definition) is 5. The molecular formula is C15H18N4O2. The van der Waals surface area contributed by atoms with E-state index in [0.717, 1.165) is 5.56 Å². The zero-order valence-electron chi connectivity index (χ0n) is 12.0. The molecule has 2 N–H and O–H groups in total. The normalized spacial score (nSPS) is 12.1. The topological polar surface area (TPSA) is 88.0 Å². The molecule has 0 aromatic carbocycles. The Kier molecular flexibility index (Phi) is 4.81. The Balaban J connectivity index is 2.13. The average molecular weight is 286 g/mol. The van der Waals surface area contributed by atoms with E-state index in [4.69, 9.17) is 0 Å². The highest BCUT2D eigenvalue weighted by Gasteiger charge is 2.18. The first-order chi connectivity index (χ1) is 10.1. The molecule has 0 aliphatic rings. The SMILES string of the molecule is CC(C)c1nccc(NC(Cc2ccncc2)C(=O)O)n1. The third-order valence-corrected chi connectivity index (χ3v) is 3.00. The highest BCUT2D eigenvalue weighted by Crippen LogP contribution is 2.13. The van der Waals surface area contributed by atoms with Gasteiger partial charge < -0.3 is 10.4 Å². The molecule has 110 valence electrons. The largest absolute Gasteiger partial charge is 0.480 e. The molecule has 1 unspecified atom stereocenters. The molecule has 2 aromatic heterocycles. The van der Waals surface area contributed by atoms with Crippen molar-refractivity contribution >= 4 is 11.8 Å². The zero-order valence-corrected chi connectivity index (χ0v) is 12.0. The van der Waals surface area contributed by atoms with E-state index in [1.807, 2.05) is 13.8 Å². The van der Waals surface area contributed by atoms with Gasteiger partial charge in [0.05, 0.1) is 0 Å². The summed E-state index contributed by atoms with van der Waals surface area (Å²) in [5.74, 6) is 0.481. The maximum absolute atomic E-state index is 11.4. The van der Waals surface area contributed by atoms with Crippen molar-refractivity contribution in [3.63, 3.8) is 0 Å². The van der Waals surface area contributed by atoms with Gasteiger partial charge >= 0.3 is 5.97 Å². The molecule has 0 radical (unpaired) electrons. The lowest BCUT2D eigenvalue weighted by molar-refractivity contribution is -0.137. The minimum absolute atomic E-state index is 0.190. The molecule has 1 atom stereocenters. The van der Waals surface area contributed by atoms with Gasteiger partial charge in [0.15, 0.2) is 0 Å². The monoisotopic (exact) mass is 286 g/mol. The zero-order chi connectivity index (χ0) is 15.2. The van der Waals surface area contributed by atoms with E-state index in [9.17, 15) is 9.90 Å². The Morgan fingerprint density at radius 3 is 2.57 bits per heavy atom. The number of carboxylic acid groups (broad SMARTS) is 1. The van der Waals surface area contributed by atoms with E-state index >= 15 is 0 Å². The van der Waals surface area contributed by atoms with Crippen molar-refractivity contribution in [2.24, 2.45) is 0 Å². The fraction of sp³-hybridized carbons (Fsp3) is 0.333. The summed E-state index contributed by atoms with van der Waals surface area (Å²) in [5.41, 5.74) is 0.906. The standard InChI is InChI=1S/C15H18N4O2/c1-10(2)14-17-8-5-13(19-14)18-12(15(20)21)9-11-3-6-16-7-4-11/h3-8,10,12H,9H2,1-2H3,(H,20,21)(H,17,18,19). The van der Waals surface area contributed by atoms with E-state index < -0.39 is 12.0 Å². The number of aliphatic carboxylic acids is 1. The first-order valence-corrected chi connectivity index (χ1v) is 6.77. The lowest BCUT2D eigenvalue weighted by Gasteiger charge is -2.16. The molecule has 21 heavy (non-hydrogen) atoms. The highest BCUT2D eigenvalue weighted by molar-refractivity contribution is 5.77. The van der Waals surface area contributed by atoms with Gasteiger partial charge in [-0.2, -0.15) is 0 Å². The molecule has 2 aromatic rings. The summed E-state index contributed by atoms with van der Waals surface area (Å²) in [5, 5.41) is 12.3. The van der Waals surface area contributed by atoms with Gasteiger partial charge in [0.25, 0.3) is 0 Å². The number of nitrogens with one attached hydrogen (secondary N) is 1. The predicted octanol–water partition coefficient (Wildman–Crippen LogP) is 2.10. The number of carboxylic acids is 1. The van der Waals surface area contributed by atoms with Crippen molar-refractivity contribution in [3.05, 3.63) is 48.2 Å². The molecule has 0 aliphatic heterocycles. The van der Waals surface area contributed by atoms with Crippen molar-refractivity contribution in [3.8, 4) is 0 Å². The number of carbonyl (C=O) groups is 1. The smallest absolute Gasteiger partial charge is 0.326 e. The summed E-state index contributed by atoms with van der Waals surface area (Å²) >= 11 is 0. The molecule has 6 nitrogen and oxygen atoms in total. The number of rotatable bonds is 6. The first kappa shape index (κ1) is 14.9. The molecule has 0 bridgehead atoms. The van der Waals surface area contributed by atoms with Gasteiger partial charge in [-0.25, -0.2) is 14.8 Å². The van der Waals surface area contributed by atoms with Crippen LogP contribution in [0.5, 0.6) is 0 Å². The minimum Gasteiger partial charge on any atom is -0.480 e. The van der Waals surface area contributed by atoms with Crippen LogP contribution < -0.4 is 5.32 Å². The maximum atomic E-state index is 11.4. The molecule has 2 heterocycles. The van der Waals surface area contributed by atoms with Crippen LogP contribution in [0.4, 0.5) is 5.82 Å². The van der Waals surface area contributed by atoms with Gasteiger partial charge in [0.2, 0.25) is 0 Å². The second kappa shape index (κ2) is 6.78. The van der Waals surface area contributed by atoms with Crippen LogP contribution in [0.2, 0.25) is 0 Å². The summed E-state index contributed by atoms with van der Waals surface area (Å²) in [7, 11) is 0. The Morgan fingerprint density at radius 1 is 1.24 bits per heavy atom. The summed E-state index contributed by atoms with van der Waals surface area (Å²) in [4.78, 5) is 23.8. The second-order valence-electron chi connectivity index (χ2n) is 5.05. The van der Waals surface area contributed by atoms with Crippen LogP contribution in [0.1, 0.15) is 31.2 Å². The summed E-state index contributed by atoms with van der Waals surface area (Å²) in [6, 6.07) is 4.53. The van der Waals surface area contributed by atoms with Crippen LogP contribution >= 0.6 is 0 Å². The predicted molar refractivity (Wildman–Crippen MR) is 79.1 cm³/mol. The van der Waals surface area contributed by atoms with Crippen LogP contribution in [0.25, 0.3) is 0 Å². The van der Waals surface area contributed by atoms with Gasteiger partial charge in [0.1, 0.15) is 17.7 Å². The lowest BCUT2D eigenvalue weighted by atomic mass is 10.1. The van der Waals surface area contributed by atoms with Crippen molar-refractivity contribution in [2.75, 3.05) is 5.32 Å². The molecular weight excluding hydrogens is 268 g/mol. The Morgan fingerprint density at radius 2 is 1.95 bits per heavy atom. The molecule has 0 saturated carbocycles. The Labute approximate surface area is 123 Å². The number of pyridine rings is 1. The van der Waals surface area contributed by atoms with E-state index in [1.54, 1.807) is 36.8 Å². The van der Waals surface area contributed by atoms with Crippen LogP contribution in [-0.4, -0.2) is 32.1 Å². The first-order valence-electron chi connectivity index (χ1n) is 6.77. The molecule has 6 heteroatoms. The fourth-order valence-electron chi connectivity index (χ4n) is 1.87. The summed E-state index contributed by atoms with van der Waals surface area (Å²) < 4.78 is 0. The van der Waals surface area contributed by atoms with E-state index in [1.165, 1.54) is 0 Å². The van der Waals surface area contributed by atoms with Gasteiger partial charge in [-0.15, -0.1) is 0 Å². The molecule has 0 saturated heterocycles. The minimum atomic E-state index is -0.920. The fourth-order valence-corrected chi connectivity index (χ4v) is 1.87. The molecule has 2 rings (SSSR count). The average Bonchev–Trinajstić information content (AvgIpc) is 2.48. The number of aromatic nitrogens is 3. The van der Waals surface area contributed by atoms with E-state index in [-0.39, 0.29) is 5.92 Å². The number of hydrogen-bond donors (Lipinski definition) is 2. The Hall–Kier alpha value is -2.50. The van der Waals surface area contributed by atoms with E-state index in [0.29, 0.717) is 18.1 Å². The lowest BCUT2D eigenvalue weighted by Crippen LogP contribution is -2.32. The number of nitrogens with zero attached hydrogens (tertiary/aromatic N) is 3. The van der Waals surface area contributed by atoms with Crippen LogP contribution in [0.15, 0.2) is 36.8 Å². The van der Waals surface area contributed by atoms with Crippen LogP contribution in [0, 0.1) is 0 Å². The molecule has 0 aliphatic carbocycles. The third-order valence-electron chi connectivity index (χ3n) is 3.00. The maximum Gasteiger partial charge on any atom is 0.326 e. The van der Waals surface area contributed by atoms with Crippen LogP contribution in [-0.2, 0) is 11.2 Å². The molecule has 0 amide bonds. The second-order valence-corrected chi connectivity index (χ2v) is 5.05. The van der Waals surface area contributed by atoms with Gasteiger partial charge in [-0.05, 0) is 23.8 Å². The van der Waals surface area contributed by atoms with Gasteiger partial charge in [-0.3, -0.25) is 4.98 Å². The van der Waals surface area contributed by atoms with Crippen molar-refractivity contribution in [2.45, 2.75) is 32.2 Å². The summed E-state index contributed by atoms with van der Waals surface area (Å²) in [6.45, 7) is 3.98. The quantitative estimate of drug-likeness (QED) is 0.845. The summed E-state index contributed by atoms with van der Waals surface area (Å²) in [6.07, 6.45) is 5.29. The highest BCUT2D eigenvalue weighted by atomic mass is 16.4. The molecule has 0 fully saturated rings. The van der Waals surface area contributed by atoms with E-state index in [2.05, 4.69) is 20.3 Å². The van der Waals surface area contributed by atoms with Crippen molar-refractivity contribution in [1.82, 2.24) is 15.0 Å². The van der Waals surface area contributed by atoms with Crippen molar-refractivity contribution in [1.29, 1.82) is 0 Å². The Bertz CT molecular complexity index is 602. The third kappa shape index (κ3) is 4.24. The molecule has 0 spiro atoms. The van der Waals surface area contributed by atoms with Crippen molar-refractivity contribution < 1.29 is 9.90 Å².